The summed E-state index contributed by atoms with van der Waals surface area (Å²) in [5.41, 5.74) is 6.85. The Kier molecular flexibility index (Phi) is 4.38. The molecule has 11 aromatic rings. The van der Waals surface area contributed by atoms with Gasteiger partial charge in [0.2, 0.25) is 0 Å². The predicted octanol–water partition coefficient (Wildman–Crippen LogP) is 12.6. The molecule has 3 heterocycles. The summed E-state index contributed by atoms with van der Waals surface area (Å²) in [6, 6.07) is 40.7. The molecule has 0 N–H and O–H groups in total. The Labute approximate surface area is 307 Å². The number of hydrogen-bond donors (Lipinski definition) is 0. The number of hydrogen-bond acceptors (Lipinski definition) is 0. The number of para-hydroxylation sites is 4. The highest BCUT2D eigenvalue weighted by molar-refractivity contribution is 6.14. The van der Waals surface area contributed by atoms with Gasteiger partial charge in [-0.25, -0.2) is 0 Å². The SMILES string of the molecule is [2H]c1c([2H])c([2H])c(-c2c([2H])c([2H])c([2H])c(-n3c4ccccc4c4cc(-n5c6ccccc6c6cc(-n7c8ccccc8c8ccccc87)ccc65)ccc43)c2[2H])c([2H])c1[2H]. The van der Waals surface area contributed by atoms with Gasteiger partial charge in [0.25, 0.3) is 0 Å². The van der Waals surface area contributed by atoms with Gasteiger partial charge in [0.1, 0.15) is 0 Å². The average molecular weight is 659 g/mol. The summed E-state index contributed by atoms with van der Waals surface area (Å²) in [6.07, 6.45) is 0. The van der Waals surface area contributed by atoms with Crippen molar-refractivity contribution in [2.75, 3.05) is 0 Å². The Morgan fingerprint density at radius 3 is 1.20 bits per heavy atom. The molecule has 8 aromatic carbocycles. The summed E-state index contributed by atoms with van der Waals surface area (Å²) in [5, 5.41) is 6.21. The van der Waals surface area contributed by atoms with Gasteiger partial charge in [-0.1, -0.05) is 115 Å². The van der Waals surface area contributed by atoms with Crippen molar-refractivity contribution >= 4 is 65.4 Å². The first kappa shape index (κ1) is 20.6. The molecule has 0 spiro atoms. The molecule has 0 aliphatic heterocycles. The number of benzene rings is 8. The zero-order valence-electron chi connectivity index (χ0n) is 36.0. The third-order valence-electron chi connectivity index (χ3n) is 9.99. The van der Waals surface area contributed by atoms with Crippen LogP contribution < -0.4 is 0 Å². The van der Waals surface area contributed by atoms with E-state index in [1.165, 1.54) is 10.8 Å². The van der Waals surface area contributed by atoms with Crippen LogP contribution in [0.5, 0.6) is 0 Å². The van der Waals surface area contributed by atoms with E-state index >= 15 is 0 Å². The summed E-state index contributed by atoms with van der Waals surface area (Å²) in [7, 11) is 0. The predicted molar refractivity (Wildman–Crippen MR) is 215 cm³/mol. The lowest BCUT2D eigenvalue weighted by atomic mass is 10.1. The minimum absolute atomic E-state index is 0.0220. The van der Waals surface area contributed by atoms with E-state index in [0.717, 1.165) is 55.0 Å². The molecule has 51 heavy (non-hydrogen) atoms. The van der Waals surface area contributed by atoms with E-state index in [0.29, 0.717) is 11.0 Å². The molecule has 11 rings (SSSR count). The van der Waals surface area contributed by atoms with Gasteiger partial charge in [-0.3, -0.25) is 0 Å². The zero-order chi connectivity index (χ0) is 41.3. The maximum Gasteiger partial charge on any atom is 0.0651 e. The average Bonchev–Trinajstić information content (AvgIpc) is 3.91. The van der Waals surface area contributed by atoms with Gasteiger partial charge in [-0.05, 0) is 83.9 Å². The van der Waals surface area contributed by atoms with Gasteiger partial charge in [-0.15, -0.1) is 0 Å². The monoisotopic (exact) mass is 658 g/mol. The number of rotatable bonds is 4. The highest BCUT2D eigenvalue weighted by Crippen LogP contribution is 2.39. The van der Waals surface area contributed by atoms with Gasteiger partial charge in [0, 0.05) is 49.4 Å². The van der Waals surface area contributed by atoms with Crippen LogP contribution in [0.4, 0.5) is 0 Å². The van der Waals surface area contributed by atoms with Crippen molar-refractivity contribution in [3.05, 3.63) is 188 Å². The second kappa shape index (κ2) is 10.8. The van der Waals surface area contributed by atoms with E-state index in [-0.39, 0.29) is 28.9 Å². The molecule has 3 aromatic heterocycles. The Morgan fingerprint density at radius 1 is 0.314 bits per heavy atom. The number of nitrogens with zero attached hydrogens (tertiary/aromatic N) is 3. The van der Waals surface area contributed by atoms with Crippen molar-refractivity contribution in [1.82, 2.24) is 13.7 Å². The summed E-state index contributed by atoms with van der Waals surface area (Å²) >= 11 is 0. The molecule has 0 saturated heterocycles. The third-order valence-corrected chi connectivity index (χ3v) is 9.99. The molecule has 0 fully saturated rings. The smallest absolute Gasteiger partial charge is 0.0651 e. The fraction of sp³-hybridized carbons (Fsp3) is 0. The van der Waals surface area contributed by atoms with Crippen LogP contribution in [0.25, 0.3) is 93.6 Å². The molecule has 0 amide bonds. The van der Waals surface area contributed by atoms with E-state index < -0.39 is 42.3 Å². The number of aromatic nitrogens is 3. The van der Waals surface area contributed by atoms with E-state index in [1.807, 2.05) is 48.5 Å². The molecule has 0 bridgehead atoms. The fourth-order valence-corrected chi connectivity index (χ4v) is 7.87. The van der Waals surface area contributed by atoms with Crippen LogP contribution >= 0.6 is 0 Å². The molecule has 0 unspecified atom stereocenters. The van der Waals surface area contributed by atoms with Crippen molar-refractivity contribution in [3.63, 3.8) is 0 Å². The maximum atomic E-state index is 9.49. The normalized spacial score (nSPS) is 14.4. The zero-order valence-corrected chi connectivity index (χ0v) is 27.0. The van der Waals surface area contributed by atoms with Gasteiger partial charge in [-0.2, -0.15) is 0 Å². The van der Waals surface area contributed by atoms with Crippen molar-refractivity contribution in [3.8, 4) is 28.2 Å². The van der Waals surface area contributed by atoms with Crippen molar-refractivity contribution in [1.29, 1.82) is 0 Å². The van der Waals surface area contributed by atoms with Gasteiger partial charge in [0.05, 0.1) is 45.4 Å². The van der Waals surface area contributed by atoms with E-state index in [4.69, 9.17) is 11.0 Å². The first-order valence-corrected chi connectivity index (χ1v) is 16.8. The van der Waals surface area contributed by atoms with Crippen LogP contribution in [0, 0.1) is 0 Å². The van der Waals surface area contributed by atoms with Crippen LogP contribution in [0.15, 0.2) is 188 Å². The topological polar surface area (TPSA) is 14.8 Å². The van der Waals surface area contributed by atoms with Crippen LogP contribution in [0.3, 0.4) is 0 Å². The first-order valence-electron chi connectivity index (χ1n) is 21.3. The van der Waals surface area contributed by atoms with Crippen LogP contribution in [0.1, 0.15) is 12.3 Å². The van der Waals surface area contributed by atoms with Crippen LogP contribution in [-0.4, -0.2) is 13.7 Å². The quantitative estimate of drug-likeness (QED) is 0.179. The fourth-order valence-electron chi connectivity index (χ4n) is 7.87. The molecule has 0 saturated carbocycles. The van der Waals surface area contributed by atoms with Crippen molar-refractivity contribution < 1.29 is 12.3 Å². The van der Waals surface area contributed by atoms with Crippen LogP contribution in [-0.2, 0) is 0 Å². The largest absolute Gasteiger partial charge is 0.309 e. The van der Waals surface area contributed by atoms with Crippen molar-refractivity contribution in [2.45, 2.75) is 0 Å². The molecule has 0 aliphatic rings. The minimum atomic E-state index is -0.606. The minimum Gasteiger partial charge on any atom is -0.309 e. The standard InChI is InChI=1S/C48H31N3/c1-2-13-32(14-3-1)33-15-12-16-34(29-33)49-45-23-10-6-19-39(45)41-31-36(26-27-47(41)49)51-46-24-11-7-20-40(46)42-30-35(25-28-48(42)51)50-43-21-8-4-17-37(43)38-18-5-9-22-44(38)50/h1-31H/i1D,2D,3D,12D,13D,14D,15D,16D,29D. The Bertz CT molecular complexity index is 3590. The first-order chi connectivity index (χ1) is 29.1. The number of fused-ring (bicyclic) bond motifs is 9. The molecular weight excluding hydrogens is 619 g/mol. The van der Waals surface area contributed by atoms with E-state index in [2.05, 4.69) is 94.1 Å². The summed E-state index contributed by atoms with van der Waals surface area (Å²) in [5.74, 6) is 0. The molecular formula is C48H31N3. The van der Waals surface area contributed by atoms with Gasteiger partial charge in [0.15, 0.2) is 0 Å². The Hall–Kier alpha value is -6.84. The van der Waals surface area contributed by atoms with Gasteiger partial charge < -0.3 is 13.7 Å². The second-order valence-electron chi connectivity index (χ2n) is 12.7. The summed E-state index contributed by atoms with van der Waals surface area (Å²) in [6.45, 7) is 0. The summed E-state index contributed by atoms with van der Waals surface area (Å²) in [4.78, 5) is 0. The molecule has 0 aliphatic carbocycles. The third kappa shape index (κ3) is 4.12. The Morgan fingerprint density at radius 2 is 0.706 bits per heavy atom. The molecule has 238 valence electrons. The molecule has 0 atom stereocenters. The Balaban J connectivity index is 1.15. The highest BCUT2D eigenvalue weighted by Gasteiger charge is 2.18. The summed E-state index contributed by atoms with van der Waals surface area (Å²) < 4.78 is 84.6. The lowest BCUT2D eigenvalue weighted by molar-refractivity contribution is 1.16. The molecule has 3 heteroatoms. The maximum absolute atomic E-state index is 9.49. The van der Waals surface area contributed by atoms with E-state index in [1.54, 1.807) is 4.57 Å². The second-order valence-corrected chi connectivity index (χ2v) is 12.7. The molecule has 0 radical (unpaired) electrons. The lowest BCUT2D eigenvalue weighted by Crippen LogP contribution is -1.97. The molecule has 3 nitrogen and oxygen atoms in total. The van der Waals surface area contributed by atoms with Crippen molar-refractivity contribution in [2.24, 2.45) is 0 Å². The highest BCUT2D eigenvalue weighted by atomic mass is 15.0. The van der Waals surface area contributed by atoms with Gasteiger partial charge >= 0.3 is 0 Å². The van der Waals surface area contributed by atoms with Crippen LogP contribution in [0.2, 0.25) is 0 Å². The lowest BCUT2D eigenvalue weighted by Gasteiger charge is -2.12. The van der Waals surface area contributed by atoms with E-state index in [9.17, 15) is 1.37 Å².